The van der Waals surface area contributed by atoms with Crippen LogP contribution in [0.15, 0.2) is 67.8 Å². The maximum absolute atomic E-state index is 13.4. The van der Waals surface area contributed by atoms with Crippen molar-refractivity contribution in [2.45, 2.75) is 91.1 Å². The fourth-order valence-electron chi connectivity index (χ4n) is 6.56. The molecule has 4 aromatic rings. The number of hydrogen-bond acceptors (Lipinski definition) is 8. The smallest absolute Gasteiger partial charge is 0.339 e. The van der Waals surface area contributed by atoms with Gasteiger partial charge < -0.3 is 23.8 Å². The molecule has 2 atom stereocenters. The number of anilines is 1. The van der Waals surface area contributed by atoms with Crippen molar-refractivity contribution < 1.29 is 23.7 Å². The Balaban J connectivity index is 1.67. The van der Waals surface area contributed by atoms with Crippen molar-refractivity contribution in [3.05, 3.63) is 89.6 Å². The summed E-state index contributed by atoms with van der Waals surface area (Å²) in [5, 5.41) is 5.77. The summed E-state index contributed by atoms with van der Waals surface area (Å²) < 4.78 is 26.1. The van der Waals surface area contributed by atoms with Crippen LogP contribution < -0.4 is 9.64 Å². The van der Waals surface area contributed by atoms with Crippen LogP contribution in [0.3, 0.4) is 0 Å². The second-order valence-electron chi connectivity index (χ2n) is 14.5. The third-order valence-electron chi connectivity index (χ3n) is 9.23. The molecule has 51 heavy (non-hydrogen) atoms. The number of carbonyl (C=O) groups is 1. The molecule has 0 radical (unpaired) electrons. The van der Waals surface area contributed by atoms with Gasteiger partial charge in [-0.2, -0.15) is 9.61 Å². The third kappa shape index (κ3) is 8.49. The van der Waals surface area contributed by atoms with E-state index in [9.17, 15) is 4.79 Å². The average molecular weight is 715 g/mol. The first-order valence-corrected chi connectivity index (χ1v) is 17.9. The lowest BCUT2D eigenvalue weighted by Crippen LogP contribution is -2.45. The lowest BCUT2D eigenvalue weighted by atomic mass is 9.92. The molecule has 0 aliphatic carbocycles. The van der Waals surface area contributed by atoms with Crippen LogP contribution in [-0.2, 0) is 19.0 Å². The van der Waals surface area contributed by atoms with Gasteiger partial charge in [0.25, 0.3) is 0 Å². The number of methoxy groups -OCH3 is 1. The summed E-state index contributed by atoms with van der Waals surface area (Å²) in [6.07, 6.45) is 4.79. The van der Waals surface area contributed by atoms with Crippen molar-refractivity contribution in [2.24, 2.45) is 0 Å². The molecule has 2 aromatic carbocycles. The van der Waals surface area contributed by atoms with Gasteiger partial charge in [-0.15, -0.1) is 13.2 Å². The number of fused-ring (bicyclic) bond motifs is 1. The number of esters is 1. The fourth-order valence-corrected chi connectivity index (χ4v) is 6.83. The van der Waals surface area contributed by atoms with Crippen LogP contribution in [0.1, 0.15) is 76.8 Å². The molecule has 9 nitrogen and oxygen atoms in total. The molecule has 1 fully saturated rings. The van der Waals surface area contributed by atoms with E-state index in [0.717, 1.165) is 46.6 Å². The summed E-state index contributed by atoms with van der Waals surface area (Å²) in [6, 6.07) is 13.9. The minimum Gasteiger partial charge on any atom is -0.490 e. The molecule has 10 heteroatoms. The summed E-state index contributed by atoms with van der Waals surface area (Å²) in [6.45, 7) is 23.4. The van der Waals surface area contributed by atoms with Crippen LogP contribution in [0.5, 0.6) is 5.75 Å². The largest absolute Gasteiger partial charge is 0.490 e. The van der Waals surface area contributed by atoms with E-state index in [2.05, 4.69) is 50.1 Å². The van der Waals surface area contributed by atoms with Gasteiger partial charge in [0.2, 0.25) is 0 Å². The molecule has 0 saturated carbocycles. The number of piperidine rings is 1. The van der Waals surface area contributed by atoms with Gasteiger partial charge in [0, 0.05) is 42.4 Å². The summed E-state index contributed by atoms with van der Waals surface area (Å²) in [5.74, 6) is 0.958. The van der Waals surface area contributed by atoms with E-state index in [-0.39, 0.29) is 11.7 Å². The molecular weight excluding hydrogens is 664 g/mol. The highest BCUT2D eigenvalue weighted by molar-refractivity contribution is 6.33. The molecular formula is C41H51ClN4O5. The van der Waals surface area contributed by atoms with Crippen LogP contribution in [0.4, 0.5) is 5.82 Å². The Morgan fingerprint density at radius 2 is 1.82 bits per heavy atom. The maximum Gasteiger partial charge on any atom is 0.339 e. The van der Waals surface area contributed by atoms with Gasteiger partial charge in [-0.3, -0.25) is 0 Å². The van der Waals surface area contributed by atoms with E-state index < -0.39 is 17.7 Å². The van der Waals surface area contributed by atoms with Crippen molar-refractivity contribution in [3.8, 4) is 28.1 Å². The van der Waals surface area contributed by atoms with Gasteiger partial charge in [-0.05, 0) is 90.6 Å². The van der Waals surface area contributed by atoms with Crippen molar-refractivity contribution in [2.75, 3.05) is 31.7 Å². The third-order valence-corrected chi connectivity index (χ3v) is 9.54. The molecule has 0 N–H and O–H groups in total. The molecule has 5 rings (SSSR count). The highest BCUT2D eigenvalue weighted by Crippen LogP contribution is 2.42. The normalized spacial score (nSPS) is 15.7. The minimum atomic E-state index is -1.02. The lowest BCUT2D eigenvalue weighted by molar-refractivity contribution is -0.164. The number of halogens is 1. The lowest BCUT2D eigenvalue weighted by Gasteiger charge is -2.41. The maximum atomic E-state index is 13.4. The van der Waals surface area contributed by atoms with E-state index in [4.69, 9.17) is 40.6 Å². The number of carbonyl (C=O) groups excluding carboxylic acids is 1. The van der Waals surface area contributed by atoms with Crippen molar-refractivity contribution in [1.82, 2.24) is 14.6 Å². The quantitative estimate of drug-likeness (QED) is 0.100. The zero-order valence-electron chi connectivity index (χ0n) is 31.2. The molecule has 3 heterocycles. The summed E-state index contributed by atoms with van der Waals surface area (Å²) >= 11 is 6.86. The Morgan fingerprint density at radius 3 is 2.47 bits per heavy atom. The second-order valence-corrected chi connectivity index (χ2v) is 14.9. The first-order valence-electron chi connectivity index (χ1n) is 17.5. The van der Waals surface area contributed by atoms with Crippen molar-refractivity contribution >= 4 is 29.0 Å². The summed E-state index contributed by atoms with van der Waals surface area (Å²) in [5.41, 5.74) is 5.42. The highest BCUT2D eigenvalue weighted by Gasteiger charge is 2.38. The van der Waals surface area contributed by atoms with Crippen LogP contribution in [0.25, 0.3) is 28.0 Å². The van der Waals surface area contributed by atoms with Gasteiger partial charge >= 0.3 is 5.97 Å². The molecule has 0 spiro atoms. The number of ether oxygens (including phenoxy) is 4. The van der Waals surface area contributed by atoms with E-state index in [1.165, 1.54) is 7.11 Å². The number of nitrogens with zero attached hydrogens (tertiary/aromatic N) is 4. The van der Waals surface area contributed by atoms with Crippen molar-refractivity contribution in [1.29, 1.82) is 0 Å². The SMILES string of the molecule is C=CCOC1(C)CCN(c2c([C@H](OC(C)(C)C)C(=O)OC)c(C)nc3cc(-c4ccc(C)c(-c5c(Cl)cccc5O[C@@H](C)CC=C)c4)nn23)CC1. The Hall–Kier alpha value is -4.18. The second kappa shape index (κ2) is 15.6. The summed E-state index contributed by atoms with van der Waals surface area (Å²) in [4.78, 5) is 20.7. The van der Waals surface area contributed by atoms with Gasteiger partial charge in [-0.1, -0.05) is 42.0 Å². The molecule has 0 amide bonds. The zero-order chi connectivity index (χ0) is 37.1. The number of rotatable bonds is 13. The van der Waals surface area contributed by atoms with E-state index in [1.807, 2.05) is 69.5 Å². The standard InChI is InChI=1S/C41H51ClN4O5/c1-11-14-27(4)50-33-16-13-15-31(42)36(33)30-24-29(18-17-26(30)3)32-25-34-43-28(5)35(37(39(47)48-10)51-40(6,7)8)38(46(34)44-32)45-21-19-41(9,20-22-45)49-23-12-2/h11-13,15-18,24-25,27,37H,1-2,14,19-23H2,3-10H3/t27-,37-/m0/s1. The molecule has 2 aromatic heterocycles. The van der Waals surface area contributed by atoms with Crippen LogP contribution in [0, 0.1) is 13.8 Å². The van der Waals surface area contributed by atoms with Crippen LogP contribution >= 0.6 is 11.6 Å². The van der Waals surface area contributed by atoms with E-state index in [1.54, 1.807) is 6.08 Å². The van der Waals surface area contributed by atoms with Crippen molar-refractivity contribution in [3.63, 3.8) is 0 Å². The van der Waals surface area contributed by atoms with E-state index >= 15 is 0 Å². The van der Waals surface area contributed by atoms with Gasteiger partial charge in [0.15, 0.2) is 11.8 Å². The van der Waals surface area contributed by atoms with Gasteiger partial charge in [0.1, 0.15) is 11.6 Å². The Morgan fingerprint density at radius 1 is 1.10 bits per heavy atom. The predicted octanol–water partition coefficient (Wildman–Crippen LogP) is 9.27. The zero-order valence-corrected chi connectivity index (χ0v) is 32.0. The number of hydrogen-bond donors (Lipinski definition) is 0. The molecule has 272 valence electrons. The topological polar surface area (TPSA) is 87.4 Å². The Bertz CT molecular complexity index is 1900. The average Bonchev–Trinajstić information content (AvgIpc) is 3.50. The van der Waals surface area contributed by atoms with Crippen LogP contribution in [-0.4, -0.2) is 64.7 Å². The molecule has 1 saturated heterocycles. The highest BCUT2D eigenvalue weighted by atomic mass is 35.5. The Labute approximate surface area is 307 Å². The fraction of sp³-hybridized carbons (Fsp3) is 0.439. The number of aryl methyl sites for hydroxylation is 2. The predicted molar refractivity (Wildman–Crippen MR) is 205 cm³/mol. The first-order chi connectivity index (χ1) is 24.2. The first kappa shape index (κ1) is 38.1. The monoisotopic (exact) mass is 714 g/mol. The van der Waals surface area contributed by atoms with Gasteiger partial charge in [-0.25, -0.2) is 9.78 Å². The number of benzene rings is 2. The molecule has 0 bridgehead atoms. The number of aromatic nitrogens is 3. The molecule has 0 unspecified atom stereocenters. The molecule has 1 aliphatic heterocycles. The molecule has 1 aliphatic rings. The summed E-state index contributed by atoms with van der Waals surface area (Å²) in [7, 11) is 1.38. The van der Waals surface area contributed by atoms with Crippen LogP contribution in [0.2, 0.25) is 5.02 Å². The Kier molecular flexibility index (Phi) is 11.6. The van der Waals surface area contributed by atoms with E-state index in [0.29, 0.717) is 53.8 Å². The van der Waals surface area contributed by atoms with Gasteiger partial charge in [0.05, 0.1) is 47.3 Å². The minimum absolute atomic E-state index is 0.0687.